The molecule has 0 bridgehead atoms. The third-order valence-electron chi connectivity index (χ3n) is 12.5. The van der Waals surface area contributed by atoms with E-state index < -0.39 is 23.3 Å². The number of aryl methyl sites for hydroxylation is 2. The summed E-state index contributed by atoms with van der Waals surface area (Å²) in [5, 5.41) is 5.46. The molecule has 0 amide bonds. The minimum Gasteiger partial charge on any atom is -0.307 e. The molecule has 0 aromatic heterocycles. The zero-order chi connectivity index (χ0) is 42.8. The van der Waals surface area contributed by atoms with Gasteiger partial charge in [0.25, 0.3) is 0 Å². The van der Waals surface area contributed by atoms with Crippen LogP contribution in [0.3, 0.4) is 0 Å². The number of rotatable bonds is 8. The largest absolute Gasteiger partial charge is 0.307 e. The fourth-order valence-electron chi connectivity index (χ4n) is 9.05. The molecule has 0 heterocycles. The van der Waals surface area contributed by atoms with Gasteiger partial charge >= 0.3 is 0 Å². The summed E-state index contributed by atoms with van der Waals surface area (Å²) in [6.07, 6.45) is 0. The molecule has 2 nitrogen and oxygen atoms in total. The van der Waals surface area contributed by atoms with Gasteiger partial charge in [0.1, 0.15) is 23.3 Å². The molecule has 0 aliphatic carbocycles. The van der Waals surface area contributed by atoms with Gasteiger partial charge in [-0.1, -0.05) is 109 Å². The lowest BCUT2D eigenvalue weighted by Gasteiger charge is -2.30. The van der Waals surface area contributed by atoms with Gasteiger partial charge in [-0.15, -0.1) is 0 Å². The van der Waals surface area contributed by atoms with E-state index in [0.717, 1.165) is 66.7 Å². The molecule has 302 valence electrons. The summed E-state index contributed by atoms with van der Waals surface area (Å²) in [7, 11) is 0. The molecular formula is C56H40F4N2. The minimum absolute atomic E-state index is 0.200. The molecule has 6 heteroatoms. The number of hydrogen-bond acceptors (Lipinski definition) is 2. The molecule has 10 rings (SSSR count). The summed E-state index contributed by atoms with van der Waals surface area (Å²) in [6, 6.07) is 51.9. The van der Waals surface area contributed by atoms with Crippen LogP contribution in [0.15, 0.2) is 170 Å². The van der Waals surface area contributed by atoms with E-state index in [-0.39, 0.29) is 11.4 Å². The van der Waals surface area contributed by atoms with Gasteiger partial charge in [-0.2, -0.15) is 0 Å². The van der Waals surface area contributed by atoms with Gasteiger partial charge in [0.05, 0.1) is 22.7 Å². The molecule has 10 aromatic rings. The van der Waals surface area contributed by atoms with E-state index in [0.29, 0.717) is 45.0 Å². The number of anilines is 6. The molecule has 0 saturated heterocycles. The normalized spacial score (nSPS) is 11.5. The summed E-state index contributed by atoms with van der Waals surface area (Å²) in [5.41, 5.74) is 9.04. The van der Waals surface area contributed by atoms with E-state index in [1.54, 1.807) is 12.1 Å². The first-order chi connectivity index (χ1) is 30.1. The second-order valence-corrected chi connectivity index (χ2v) is 16.0. The number of benzene rings is 10. The first-order valence-corrected chi connectivity index (χ1v) is 20.6. The van der Waals surface area contributed by atoms with Gasteiger partial charge < -0.3 is 9.80 Å². The maximum Gasteiger partial charge on any atom is 0.150 e. The lowest BCUT2D eigenvalue weighted by molar-refractivity contribution is 0.585. The maximum atomic E-state index is 16.5. The summed E-state index contributed by atoms with van der Waals surface area (Å²) in [5.74, 6) is -2.68. The molecule has 0 radical (unpaired) electrons. The maximum absolute atomic E-state index is 16.5. The molecule has 10 aromatic carbocycles. The Bertz CT molecular complexity index is 3120. The highest BCUT2D eigenvalue weighted by molar-refractivity contribution is 6.28. The average Bonchev–Trinajstić information content (AvgIpc) is 3.28. The van der Waals surface area contributed by atoms with Crippen molar-refractivity contribution < 1.29 is 17.6 Å². The van der Waals surface area contributed by atoms with Crippen LogP contribution in [0.4, 0.5) is 51.7 Å². The highest BCUT2D eigenvalue weighted by Gasteiger charge is 2.26. The van der Waals surface area contributed by atoms with Crippen LogP contribution in [0.5, 0.6) is 0 Å². The monoisotopic (exact) mass is 816 g/mol. The molecule has 0 saturated carbocycles. The molecule has 0 aliphatic heterocycles. The lowest BCUT2D eigenvalue weighted by atomic mass is 9.91. The van der Waals surface area contributed by atoms with Crippen molar-refractivity contribution >= 4 is 66.4 Å². The van der Waals surface area contributed by atoms with Gasteiger partial charge in [-0.25, -0.2) is 17.6 Å². The van der Waals surface area contributed by atoms with E-state index in [4.69, 9.17) is 0 Å². The molecule has 62 heavy (non-hydrogen) atoms. The molecule has 0 unspecified atom stereocenters. The van der Waals surface area contributed by atoms with Crippen LogP contribution in [0.2, 0.25) is 0 Å². The Balaban J connectivity index is 1.22. The zero-order valence-corrected chi connectivity index (χ0v) is 34.6. The van der Waals surface area contributed by atoms with Crippen molar-refractivity contribution in [2.75, 3.05) is 9.80 Å². The van der Waals surface area contributed by atoms with E-state index >= 15 is 17.6 Å². The molecule has 0 spiro atoms. The summed E-state index contributed by atoms with van der Waals surface area (Å²) < 4.78 is 64.7. The number of para-hydroxylation sites is 2. The van der Waals surface area contributed by atoms with Crippen LogP contribution >= 0.6 is 0 Å². The van der Waals surface area contributed by atoms with Crippen molar-refractivity contribution in [1.29, 1.82) is 0 Å². The lowest BCUT2D eigenvalue weighted by Crippen LogP contribution is -2.14. The Labute approximate surface area is 357 Å². The van der Waals surface area contributed by atoms with Crippen LogP contribution in [0, 0.1) is 51.0 Å². The van der Waals surface area contributed by atoms with Crippen molar-refractivity contribution in [2.24, 2.45) is 0 Å². The van der Waals surface area contributed by atoms with Crippen LogP contribution < -0.4 is 9.80 Å². The SMILES string of the molecule is Cc1cccc(-c2cc(N(c3ccccc3)c3ccc4ccc5c(N(c6ccccc6)c6cc(-c7cccc(C)c7C)c(F)cc6F)ccc6ccc3c4c65)c(F)cc2F)c1C. The smallest absolute Gasteiger partial charge is 0.150 e. The van der Waals surface area contributed by atoms with Crippen LogP contribution in [-0.4, -0.2) is 0 Å². The van der Waals surface area contributed by atoms with E-state index in [2.05, 4.69) is 0 Å². The first-order valence-electron chi connectivity index (χ1n) is 20.6. The molecular weight excluding hydrogens is 777 g/mol. The van der Waals surface area contributed by atoms with Gasteiger partial charge in [-0.3, -0.25) is 0 Å². The highest BCUT2D eigenvalue weighted by atomic mass is 19.1. The topological polar surface area (TPSA) is 6.48 Å². The van der Waals surface area contributed by atoms with Gasteiger partial charge in [0.2, 0.25) is 0 Å². The second kappa shape index (κ2) is 15.2. The molecule has 0 N–H and O–H groups in total. The highest BCUT2D eigenvalue weighted by Crippen LogP contribution is 2.49. The van der Waals surface area contributed by atoms with E-state index in [9.17, 15) is 0 Å². The van der Waals surface area contributed by atoms with Gasteiger partial charge in [0, 0.05) is 45.4 Å². The Morgan fingerprint density at radius 3 is 1.11 bits per heavy atom. The predicted octanol–water partition coefficient (Wildman–Crippen LogP) is 16.6. The van der Waals surface area contributed by atoms with Crippen LogP contribution in [0.1, 0.15) is 22.3 Å². The van der Waals surface area contributed by atoms with Crippen molar-refractivity contribution in [3.63, 3.8) is 0 Å². The molecule has 0 aliphatic rings. The predicted molar refractivity (Wildman–Crippen MR) is 249 cm³/mol. The summed E-state index contributed by atoms with van der Waals surface area (Å²) in [4.78, 5) is 3.71. The Morgan fingerprint density at radius 1 is 0.323 bits per heavy atom. The number of halogens is 4. The van der Waals surface area contributed by atoms with Crippen molar-refractivity contribution in [1.82, 2.24) is 0 Å². The first kappa shape index (κ1) is 38.7. The average molecular weight is 817 g/mol. The minimum atomic E-state index is -0.701. The Morgan fingerprint density at radius 2 is 0.710 bits per heavy atom. The Hall–Kier alpha value is -7.44. The van der Waals surface area contributed by atoms with Gasteiger partial charge in [-0.05, 0) is 131 Å². The summed E-state index contributed by atoms with van der Waals surface area (Å²) in [6.45, 7) is 7.86. The van der Waals surface area contributed by atoms with Crippen molar-refractivity contribution in [3.8, 4) is 22.3 Å². The quantitative estimate of drug-likeness (QED) is 0.111. The van der Waals surface area contributed by atoms with Crippen LogP contribution in [-0.2, 0) is 0 Å². The van der Waals surface area contributed by atoms with E-state index in [1.165, 1.54) is 0 Å². The van der Waals surface area contributed by atoms with Crippen molar-refractivity contribution in [3.05, 3.63) is 215 Å². The zero-order valence-electron chi connectivity index (χ0n) is 34.6. The number of nitrogens with zero attached hydrogens (tertiary/aromatic N) is 2. The van der Waals surface area contributed by atoms with Gasteiger partial charge in [0.15, 0.2) is 0 Å². The van der Waals surface area contributed by atoms with E-state index in [1.807, 2.05) is 183 Å². The second-order valence-electron chi connectivity index (χ2n) is 16.0. The fraction of sp³-hybridized carbons (Fsp3) is 0.0714. The third kappa shape index (κ3) is 6.33. The standard InChI is InChI=1S/C56H40F4N2/c1-33-13-11-19-41(35(33)3)45-29-53(49(59)31-47(45)57)61(39-15-7-5-8-16-39)51-27-23-37-22-26-44-52(28-24-38-21-25-43(51)55(37)56(38)44)62(40-17-9-6-10-18-40)54-30-46(48(58)32-50(54)60)42-20-12-14-34(2)36(42)4/h5-32H,1-4H3. The van der Waals surface area contributed by atoms with Crippen LogP contribution in [0.25, 0.3) is 54.6 Å². The molecule has 0 atom stereocenters. The Kier molecular flexibility index (Phi) is 9.52. The summed E-state index contributed by atoms with van der Waals surface area (Å²) >= 11 is 0. The fourth-order valence-corrected chi connectivity index (χ4v) is 9.05. The molecule has 0 fully saturated rings. The third-order valence-corrected chi connectivity index (χ3v) is 12.5. The van der Waals surface area contributed by atoms with Crippen molar-refractivity contribution in [2.45, 2.75) is 27.7 Å². The number of hydrogen-bond donors (Lipinski definition) is 0.